The number of allylic oxidation sites excluding steroid dienone is 6. The van der Waals surface area contributed by atoms with Gasteiger partial charge in [0.05, 0.1) is 0 Å². The fraction of sp³-hybridized carbons (Fsp3) is 0.294. The van der Waals surface area contributed by atoms with Crippen molar-refractivity contribution in [2.45, 2.75) is 32.1 Å². The van der Waals surface area contributed by atoms with Crippen LogP contribution in [0.2, 0.25) is 0 Å². The van der Waals surface area contributed by atoms with Crippen LogP contribution in [0, 0.1) is 6.92 Å². The van der Waals surface area contributed by atoms with Crippen molar-refractivity contribution < 1.29 is 0 Å². The highest BCUT2D eigenvalue weighted by Gasteiger charge is 2.33. The van der Waals surface area contributed by atoms with E-state index in [4.69, 9.17) is 0 Å². The fourth-order valence-corrected chi connectivity index (χ4v) is 2.92. The molecule has 0 amide bonds. The van der Waals surface area contributed by atoms with Crippen molar-refractivity contribution >= 4 is 0 Å². The molecule has 0 N–H and O–H groups in total. The van der Waals surface area contributed by atoms with Crippen molar-refractivity contribution in [1.29, 1.82) is 0 Å². The third-order valence-electron chi connectivity index (χ3n) is 4.03. The Labute approximate surface area is 103 Å². The molecule has 2 bridgehead atoms. The Morgan fingerprint density at radius 3 is 2.76 bits per heavy atom. The van der Waals surface area contributed by atoms with E-state index in [2.05, 4.69) is 69.4 Å². The third kappa shape index (κ3) is 1.51. The molecule has 0 spiro atoms. The summed E-state index contributed by atoms with van der Waals surface area (Å²) in [5, 5.41) is 0. The summed E-state index contributed by atoms with van der Waals surface area (Å²) in [5.41, 5.74) is 5.86. The molecule has 0 aliphatic heterocycles. The molecule has 1 aromatic rings. The van der Waals surface area contributed by atoms with Gasteiger partial charge in [-0.2, -0.15) is 0 Å². The lowest BCUT2D eigenvalue weighted by atomic mass is 9.68. The SMILES string of the molecule is Cc1ccc2c(c1)C(C)(C)C1=CC2C=CC=C1. The van der Waals surface area contributed by atoms with Crippen LogP contribution in [0.3, 0.4) is 0 Å². The Morgan fingerprint density at radius 2 is 1.94 bits per heavy atom. The maximum Gasteiger partial charge on any atom is 0.0210 e. The molecule has 0 saturated heterocycles. The van der Waals surface area contributed by atoms with E-state index in [0.717, 1.165) is 0 Å². The fourth-order valence-electron chi connectivity index (χ4n) is 2.92. The topological polar surface area (TPSA) is 0 Å². The zero-order valence-electron chi connectivity index (χ0n) is 10.7. The number of fused-ring (bicyclic) bond motifs is 3. The van der Waals surface area contributed by atoms with Crippen molar-refractivity contribution in [3.63, 3.8) is 0 Å². The minimum absolute atomic E-state index is 0.125. The van der Waals surface area contributed by atoms with Gasteiger partial charge in [0, 0.05) is 11.3 Å². The Kier molecular flexibility index (Phi) is 2.16. The van der Waals surface area contributed by atoms with Gasteiger partial charge in [-0.05, 0) is 23.6 Å². The van der Waals surface area contributed by atoms with Crippen molar-refractivity contribution in [1.82, 2.24) is 0 Å². The number of benzene rings is 1. The molecule has 0 aromatic heterocycles. The summed E-state index contributed by atoms with van der Waals surface area (Å²) in [5.74, 6) is 0.448. The average molecular weight is 222 g/mol. The highest BCUT2D eigenvalue weighted by molar-refractivity contribution is 5.55. The van der Waals surface area contributed by atoms with Crippen LogP contribution in [-0.2, 0) is 5.41 Å². The summed E-state index contributed by atoms with van der Waals surface area (Å²) in [4.78, 5) is 0. The van der Waals surface area contributed by atoms with Crippen LogP contribution >= 0.6 is 0 Å². The second-order valence-corrected chi connectivity index (χ2v) is 5.61. The van der Waals surface area contributed by atoms with E-state index in [-0.39, 0.29) is 5.41 Å². The summed E-state index contributed by atoms with van der Waals surface area (Å²) < 4.78 is 0. The normalized spacial score (nSPS) is 23.9. The minimum atomic E-state index is 0.125. The van der Waals surface area contributed by atoms with Crippen molar-refractivity contribution in [2.24, 2.45) is 0 Å². The van der Waals surface area contributed by atoms with Gasteiger partial charge in [0.1, 0.15) is 0 Å². The Hall–Kier alpha value is -1.56. The maximum absolute atomic E-state index is 2.40. The van der Waals surface area contributed by atoms with Crippen LogP contribution in [0.5, 0.6) is 0 Å². The molecule has 0 radical (unpaired) electrons. The molecule has 3 rings (SSSR count). The van der Waals surface area contributed by atoms with Gasteiger partial charge in [-0.15, -0.1) is 0 Å². The van der Waals surface area contributed by atoms with Crippen molar-refractivity contribution in [2.75, 3.05) is 0 Å². The first-order chi connectivity index (χ1) is 8.09. The third-order valence-corrected chi connectivity index (χ3v) is 4.03. The smallest absolute Gasteiger partial charge is 0.0210 e. The molecule has 0 fully saturated rings. The molecule has 17 heavy (non-hydrogen) atoms. The second kappa shape index (κ2) is 3.46. The standard InChI is InChI=1S/C17H18/c1-12-8-9-15-13-6-4-5-7-14(11-13)17(2,3)16(15)10-12/h4-11,13H,1-3H3. The summed E-state index contributed by atoms with van der Waals surface area (Å²) in [6.45, 7) is 6.82. The van der Waals surface area contributed by atoms with Gasteiger partial charge in [-0.1, -0.05) is 68.0 Å². The van der Waals surface area contributed by atoms with E-state index >= 15 is 0 Å². The maximum atomic E-state index is 2.40. The molecule has 2 aliphatic rings. The lowest BCUT2D eigenvalue weighted by Crippen LogP contribution is -2.26. The first kappa shape index (κ1) is 10.6. The van der Waals surface area contributed by atoms with Gasteiger partial charge in [0.2, 0.25) is 0 Å². The zero-order chi connectivity index (χ0) is 12.0. The van der Waals surface area contributed by atoms with Crippen molar-refractivity contribution in [3.05, 3.63) is 70.8 Å². The summed E-state index contributed by atoms with van der Waals surface area (Å²) in [6, 6.07) is 6.86. The molecule has 0 saturated carbocycles. The lowest BCUT2D eigenvalue weighted by Gasteiger charge is -2.35. The van der Waals surface area contributed by atoms with E-state index in [9.17, 15) is 0 Å². The summed E-state index contributed by atoms with van der Waals surface area (Å²) in [6.07, 6.45) is 11.3. The highest BCUT2D eigenvalue weighted by atomic mass is 14.4. The molecular formula is C17H18. The van der Waals surface area contributed by atoms with Crippen LogP contribution in [0.15, 0.2) is 54.2 Å². The number of hydrogen-bond acceptors (Lipinski definition) is 0. The molecule has 86 valence electrons. The quantitative estimate of drug-likeness (QED) is 0.609. The van der Waals surface area contributed by atoms with Gasteiger partial charge < -0.3 is 0 Å². The summed E-state index contributed by atoms with van der Waals surface area (Å²) >= 11 is 0. The zero-order valence-corrected chi connectivity index (χ0v) is 10.7. The molecular weight excluding hydrogens is 204 g/mol. The Balaban J connectivity index is 2.29. The number of hydrogen-bond donors (Lipinski definition) is 0. The number of rotatable bonds is 0. The van der Waals surface area contributed by atoms with Gasteiger partial charge >= 0.3 is 0 Å². The predicted molar refractivity (Wildman–Crippen MR) is 73.3 cm³/mol. The molecule has 0 nitrogen and oxygen atoms in total. The Morgan fingerprint density at radius 1 is 1.12 bits per heavy atom. The molecule has 1 aromatic carbocycles. The highest BCUT2D eigenvalue weighted by Crippen LogP contribution is 2.44. The van der Waals surface area contributed by atoms with Crippen LogP contribution in [0.1, 0.15) is 36.5 Å². The summed E-state index contributed by atoms with van der Waals surface area (Å²) in [7, 11) is 0. The van der Waals surface area contributed by atoms with Gasteiger partial charge in [0.15, 0.2) is 0 Å². The lowest BCUT2D eigenvalue weighted by molar-refractivity contribution is 0.610. The van der Waals surface area contributed by atoms with Gasteiger partial charge in [-0.25, -0.2) is 0 Å². The number of aryl methyl sites for hydroxylation is 1. The Bertz CT molecular complexity index is 553. The second-order valence-electron chi connectivity index (χ2n) is 5.61. The van der Waals surface area contributed by atoms with E-state index in [0.29, 0.717) is 5.92 Å². The predicted octanol–water partition coefficient (Wildman–Crippen LogP) is 4.42. The van der Waals surface area contributed by atoms with E-state index in [1.54, 1.807) is 0 Å². The monoisotopic (exact) mass is 222 g/mol. The first-order valence-corrected chi connectivity index (χ1v) is 6.27. The molecule has 1 atom stereocenters. The average Bonchev–Trinajstić information content (AvgIpc) is 2.52. The van der Waals surface area contributed by atoms with E-state index < -0.39 is 0 Å². The largest absolute Gasteiger partial charge is 0.0732 e. The molecule has 0 heterocycles. The minimum Gasteiger partial charge on any atom is -0.0732 e. The van der Waals surface area contributed by atoms with Crippen LogP contribution < -0.4 is 0 Å². The van der Waals surface area contributed by atoms with Gasteiger partial charge in [-0.3, -0.25) is 0 Å². The van der Waals surface area contributed by atoms with E-state index in [1.165, 1.54) is 22.3 Å². The van der Waals surface area contributed by atoms with Crippen LogP contribution in [0.4, 0.5) is 0 Å². The van der Waals surface area contributed by atoms with Crippen molar-refractivity contribution in [3.8, 4) is 0 Å². The van der Waals surface area contributed by atoms with Crippen LogP contribution in [-0.4, -0.2) is 0 Å². The van der Waals surface area contributed by atoms with Gasteiger partial charge in [0.25, 0.3) is 0 Å². The van der Waals surface area contributed by atoms with Crippen LogP contribution in [0.25, 0.3) is 0 Å². The molecule has 2 aliphatic carbocycles. The van der Waals surface area contributed by atoms with E-state index in [1.807, 2.05) is 0 Å². The molecule has 1 unspecified atom stereocenters. The first-order valence-electron chi connectivity index (χ1n) is 6.27. The molecule has 0 heteroatoms.